The molecule has 1 saturated heterocycles. The van der Waals surface area contributed by atoms with E-state index in [1.807, 2.05) is 47.8 Å². The first-order valence-electron chi connectivity index (χ1n) is 9.09. The molecule has 2 amide bonds. The predicted octanol–water partition coefficient (Wildman–Crippen LogP) is 4.27. The number of nitrogens with zero attached hydrogens (tertiary/aromatic N) is 1. The molecule has 7 heteroatoms. The summed E-state index contributed by atoms with van der Waals surface area (Å²) < 4.78 is 5.55. The molecule has 3 rings (SSSR count). The second-order valence-corrected chi connectivity index (χ2v) is 9.21. The fourth-order valence-electron chi connectivity index (χ4n) is 2.85. The van der Waals surface area contributed by atoms with Gasteiger partial charge in [0.2, 0.25) is 5.91 Å². The second kappa shape index (κ2) is 9.89. The number of likely N-dealkylation sites (N-methyl/N-ethyl adjacent to an activating group) is 1. The molecule has 0 unspecified atom stereocenters. The van der Waals surface area contributed by atoms with Gasteiger partial charge in [-0.2, -0.15) is 0 Å². The Morgan fingerprint density at radius 1 is 1.07 bits per heavy atom. The molecular formula is C21H24N2O3S2. The average molecular weight is 417 g/mol. The summed E-state index contributed by atoms with van der Waals surface area (Å²) in [5.74, 6) is 2.68. The number of methoxy groups -OCH3 is 1. The van der Waals surface area contributed by atoms with Crippen LogP contribution in [0.25, 0.3) is 0 Å². The van der Waals surface area contributed by atoms with Gasteiger partial charge < -0.3 is 15.0 Å². The van der Waals surface area contributed by atoms with Crippen molar-refractivity contribution in [3.05, 3.63) is 59.7 Å². The summed E-state index contributed by atoms with van der Waals surface area (Å²) in [4.78, 5) is 26.3. The molecular weight excluding hydrogens is 392 g/mol. The van der Waals surface area contributed by atoms with Crippen LogP contribution in [0.4, 0.5) is 5.69 Å². The second-order valence-electron chi connectivity index (χ2n) is 6.49. The minimum atomic E-state index is -0.243. The lowest BCUT2D eigenvalue weighted by molar-refractivity contribution is -0.116. The van der Waals surface area contributed by atoms with Crippen molar-refractivity contribution in [2.24, 2.45) is 0 Å². The van der Waals surface area contributed by atoms with E-state index in [9.17, 15) is 9.59 Å². The molecule has 148 valence electrons. The first kappa shape index (κ1) is 20.6. The Bertz CT molecular complexity index is 803. The number of ether oxygens (including phenoxy) is 1. The number of thioether (sulfide) groups is 2. The van der Waals surface area contributed by atoms with Crippen molar-refractivity contribution in [3.8, 4) is 5.75 Å². The molecule has 0 atom stereocenters. The molecule has 0 radical (unpaired) electrons. The Kier molecular flexibility index (Phi) is 7.28. The van der Waals surface area contributed by atoms with Crippen LogP contribution in [0.2, 0.25) is 0 Å². The summed E-state index contributed by atoms with van der Waals surface area (Å²) in [7, 11) is 3.23. The number of benzene rings is 2. The summed E-state index contributed by atoms with van der Waals surface area (Å²) >= 11 is 3.91. The quantitative estimate of drug-likeness (QED) is 0.762. The fourth-order valence-corrected chi connectivity index (χ4v) is 5.74. The molecule has 1 heterocycles. The van der Waals surface area contributed by atoms with Crippen LogP contribution >= 0.6 is 23.5 Å². The average Bonchev–Trinajstić information content (AvgIpc) is 2.74. The highest BCUT2D eigenvalue weighted by molar-refractivity contribution is 8.16. The van der Waals surface area contributed by atoms with E-state index >= 15 is 0 Å². The van der Waals surface area contributed by atoms with E-state index in [4.69, 9.17) is 4.74 Å². The number of carbonyl (C=O) groups excluding carboxylic acids is 2. The van der Waals surface area contributed by atoms with E-state index in [2.05, 4.69) is 5.32 Å². The molecule has 5 nitrogen and oxygen atoms in total. The van der Waals surface area contributed by atoms with Gasteiger partial charge in [0.1, 0.15) is 5.75 Å². The lowest BCUT2D eigenvalue weighted by atomic mass is 10.1. The number of amides is 2. The van der Waals surface area contributed by atoms with E-state index in [0.717, 1.165) is 5.75 Å². The van der Waals surface area contributed by atoms with Gasteiger partial charge in [0.05, 0.1) is 18.2 Å². The minimum Gasteiger partial charge on any atom is -0.497 e. The number of nitrogens with one attached hydrogen (secondary N) is 1. The Morgan fingerprint density at radius 3 is 2.32 bits per heavy atom. The van der Waals surface area contributed by atoms with Crippen LogP contribution in [0.1, 0.15) is 26.9 Å². The maximum absolute atomic E-state index is 12.6. The highest BCUT2D eigenvalue weighted by Crippen LogP contribution is 2.43. The maximum Gasteiger partial charge on any atom is 0.254 e. The van der Waals surface area contributed by atoms with Crippen LogP contribution in [0.15, 0.2) is 48.5 Å². The summed E-state index contributed by atoms with van der Waals surface area (Å²) in [6.45, 7) is -0.0130. The third-order valence-corrected chi connectivity index (χ3v) is 7.37. The van der Waals surface area contributed by atoms with E-state index in [1.165, 1.54) is 28.4 Å². The number of carbonyl (C=O) groups is 2. The van der Waals surface area contributed by atoms with Crippen molar-refractivity contribution in [2.75, 3.05) is 37.5 Å². The lowest BCUT2D eigenvalue weighted by Crippen LogP contribution is -2.34. The Labute approximate surface area is 174 Å². The standard InChI is InChI=1S/C21H24N2O3S2/c1-23(14-19(24)22-17-8-10-18(26-2)11-9-17)20(25)15-4-6-16(7-5-15)21-27-12-3-13-28-21/h4-11,21H,3,12-14H2,1-2H3,(H,22,24). The fraction of sp³-hybridized carbons (Fsp3) is 0.333. The van der Waals surface area contributed by atoms with Crippen molar-refractivity contribution >= 4 is 41.0 Å². The summed E-state index contributed by atoms with van der Waals surface area (Å²) in [5, 5.41) is 2.79. The van der Waals surface area contributed by atoms with Gasteiger partial charge in [0.25, 0.3) is 5.91 Å². The van der Waals surface area contributed by atoms with Gasteiger partial charge >= 0.3 is 0 Å². The van der Waals surface area contributed by atoms with Crippen molar-refractivity contribution in [1.82, 2.24) is 4.90 Å². The SMILES string of the molecule is COc1ccc(NC(=O)CN(C)C(=O)c2ccc(C3SCCCS3)cc2)cc1. The van der Waals surface area contributed by atoms with Crippen LogP contribution in [0.5, 0.6) is 5.75 Å². The van der Waals surface area contributed by atoms with Gasteiger partial charge in [0, 0.05) is 18.3 Å². The van der Waals surface area contributed by atoms with Crippen molar-refractivity contribution in [2.45, 2.75) is 11.0 Å². The Hall–Kier alpha value is -2.12. The highest BCUT2D eigenvalue weighted by atomic mass is 32.2. The molecule has 1 N–H and O–H groups in total. The van der Waals surface area contributed by atoms with Gasteiger partial charge in [-0.15, -0.1) is 23.5 Å². The number of hydrogen-bond acceptors (Lipinski definition) is 5. The van der Waals surface area contributed by atoms with Crippen molar-refractivity contribution in [3.63, 3.8) is 0 Å². The number of rotatable bonds is 6. The first-order valence-corrected chi connectivity index (χ1v) is 11.2. The molecule has 0 aliphatic carbocycles. The molecule has 0 saturated carbocycles. The first-order chi connectivity index (χ1) is 13.6. The van der Waals surface area contributed by atoms with Gasteiger partial charge in [-0.1, -0.05) is 12.1 Å². The Balaban J connectivity index is 1.54. The third-order valence-electron chi connectivity index (χ3n) is 4.36. The molecule has 0 bridgehead atoms. The zero-order valence-electron chi connectivity index (χ0n) is 16.0. The van der Waals surface area contributed by atoms with Crippen molar-refractivity contribution in [1.29, 1.82) is 0 Å². The molecule has 1 aliphatic heterocycles. The minimum absolute atomic E-state index is 0.0130. The zero-order valence-corrected chi connectivity index (χ0v) is 17.6. The normalized spacial score (nSPS) is 14.4. The van der Waals surface area contributed by atoms with E-state index in [1.54, 1.807) is 38.4 Å². The van der Waals surface area contributed by atoms with Crippen LogP contribution in [-0.2, 0) is 4.79 Å². The van der Waals surface area contributed by atoms with Crippen molar-refractivity contribution < 1.29 is 14.3 Å². The van der Waals surface area contributed by atoms with E-state index in [-0.39, 0.29) is 18.4 Å². The molecule has 2 aromatic carbocycles. The molecule has 28 heavy (non-hydrogen) atoms. The summed E-state index contributed by atoms with van der Waals surface area (Å²) in [5.41, 5.74) is 2.50. The molecule has 1 fully saturated rings. The molecule has 0 aromatic heterocycles. The summed E-state index contributed by atoms with van der Waals surface area (Å²) in [6, 6.07) is 14.8. The van der Waals surface area contributed by atoms with Crippen LogP contribution in [-0.4, -0.2) is 48.9 Å². The molecule has 1 aliphatic rings. The van der Waals surface area contributed by atoms with Crippen LogP contribution in [0, 0.1) is 0 Å². The predicted molar refractivity (Wildman–Crippen MR) is 117 cm³/mol. The van der Waals surface area contributed by atoms with Gasteiger partial charge in [-0.05, 0) is 59.9 Å². The third kappa shape index (κ3) is 5.45. The van der Waals surface area contributed by atoms with Gasteiger partial charge in [-0.25, -0.2) is 0 Å². The number of hydrogen-bond donors (Lipinski definition) is 1. The highest BCUT2D eigenvalue weighted by Gasteiger charge is 2.19. The van der Waals surface area contributed by atoms with Crippen LogP contribution < -0.4 is 10.1 Å². The molecule has 2 aromatic rings. The van der Waals surface area contributed by atoms with E-state index < -0.39 is 0 Å². The lowest BCUT2D eigenvalue weighted by Gasteiger charge is -2.21. The maximum atomic E-state index is 12.6. The van der Waals surface area contributed by atoms with Crippen LogP contribution in [0.3, 0.4) is 0 Å². The van der Waals surface area contributed by atoms with E-state index in [0.29, 0.717) is 15.8 Å². The zero-order chi connectivity index (χ0) is 19.9. The van der Waals surface area contributed by atoms with Gasteiger partial charge in [0.15, 0.2) is 0 Å². The Morgan fingerprint density at radius 2 is 1.71 bits per heavy atom. The number of anilines is 1. The molecule has 0 spiro atoms. The topological polar surface area (TPSA) is 58.6 Å². The summed E-state index contributed by atoms with van der Waals surface area (Å²) in [6.07, 6.45) is 1.26. The largest absolute Gasteiger partial charge is 0.497 e. The smallest absolute Gasteiger partial charge is 0.254 e. The van der Waals surface area contributed by atoms with Gasteiger partial charge in [-0.3, -0.25) is 9.59 Å². The monoisotopic (exact) mass is 416 g/mol.